The van der Waals surface area contributed by atoms with Gasteiger partial charge in [0.25, 0.3) is 5.56 Å². The molecule has 0 aliphatic rings. The van der Waals surface area contributed by atoms with E-state index in [1.807, 2.05) is 5.38 Å². The molecule has 0 aliphatic heterocycles. The van der Waals surface area contributed by atoms with Gasteiger partial charge >= 0.3 is 0 Å². The third-order valence-corrected chi connectivity index (χ3v) is 6.18. The van der Waals surface area contributed by atoms with E-state index >= 15 is 0 Å². The van der Waals surface area contributed by atoms with Crippen molar-refractivity contribution in [2.45, 2.75) is 46.1 Å². The number of thiazole rings is 1. The number of fused-ring (bicyclic) bond motifs is 1. The topological polar surface area (TPSA) is 94.7 Å². The van der Waals surface area contributed by atoms with Gasteiger partial charge in [-0.05, 0) is 23.0 Å². The summed E-state index contributed by atoms with van der Waals surface area (Å²) >= 11 is 1.36. The molecule has 0 spiro atoms. The average molecular weight is 451 g/mol. The minimum Gasteiger partial charge on any atom is -0.300 e. The highest BCUT2D eigenvalue weighted by Gasteiger charge is 2.16. The number of aromatic nitrogens is 5. The summed E-state index contributed by atoms with van der Waals surface area (Å²) < 4.78 is 2.80. The first kappa shape index (κ1) is 21.9. The van der Waals surface area contributed by atoms with Crippen LogP contribution in [0.3, 0.4) is 0 Å². The van der Waals surface area contributed by atoms with Crippen molar-refractivity contribution in [1.82, 2.24) is 24.3 Å². The third kappa shape index (κ3) is 4.20. The van der Waals surface area contributed by atoms with Crippen LogP contribution in [0.5, 0.6) is 0 Å². The molecule has 0 atom stereocenters. The number of nitrogens with one attached hydrogen (secondary N) is 1. The largest absolute Gasteiger partial charge is 0.300 e. The number of rotatable bonds is 6. The lowest BCUT2D eigenvalue weighted by atomic mass is 9.90. The Morgan fingerprint density at radius 1 is 1.19 bits per heavy atom. The molecular formula is C23H26N6O2S. The average Bonchev–Trinajstić information content (AvgIpc) is 3.36. The van der Waals surface area contributed by atoms with Crippen LogP contribution in [0.2, 0.25) is 0 Å². The quantitative estimate of drug-likeness (QED) is 0.476. The first-order valence-electron chi connectivity index (χ1n) is 10.5. The second-order valence-electron chi connectivity index (χ2n) is 8.43. The maximum absolute atomic E-state index is 12.6. The van der Waals surface area contributed by atoms with Crippen molar-refractivity contribution in [3.05, 3.63) is 57.6 Å². The molecule has 0 saturated carbocycles. The summed E-state index contributed by atoms with van der Waals surface area (Å²) in [7, 11) is 1.72. The highest BCUT2D eigenvalue weighted by molar-refractivity contribution is 7.14. The lowest BCUT2D eigenvalue weighted by Crippen LogP contribution is -2.27. The van der Waals surface area contributed by atoms with E-state index in [9.17, 15) is 9.59 Å². The number of anilines is 1. The Morgan fingerprint density at radius 2 is 1.97 bits per heavy atom. The zero-order valence-corrected chi connectivity index (χ0v) is 19.6. The van der Waals surface area contributed by atoms with Crippen LogP contribution in [0.25, 0.3) is 22.3 Å². The van der Waals surface area contributed by atoms with Crippen LogP contribution in [-0.4, -0.2) is 30.2 Å². The molecule has 0 aliphatic carbocycles. The second-order valence-corrected chi connectivity index (χ2v) is 9.28. The van der Waals surface area contributed by atoms with Crippen LogP contribution in [0, 0.1) is 0 Å². The molecule has 3 heterocycles. The SMILES string of the molecule is CC(C)c1ccc(-c2csc(NC(=O)Cn3cnc4c(cnn4C)c3=O)n2)c(C(C)C)c1. The van der Waals surface area contributed by atoms with Crippen molar-refractivity contribution in [2.75, 3.05) is 5.32 Å². The molecule has 0 unspecified atom stereocenters. The van der Waals surface area contributed by atoms with E-state index in [-0.39, 0.29) is 18.0 Å². The molecule has 0 bridgehead atoms. The first-order chi connectivity index (χ1) is 15.2. The fourth-order valence-electron chi connectivity index (χ4n) is 3.60. The Morgan fingerprint density at radius 3 is 2.69 bits per heavy atom. The number of hydrogen-bond acceptors (Lipinski definition) is 6. The van der Waals surface area contributed by atoms with Crippen LogP contribution in [-0.2, 0) is 18.4 Å². The van der Waals surface area contributed by atoms with Gasteiger partial charge in [0.1, 0.15) is 18.3 Å². The van der Waals surface area contributed by atoms with Crippen molar-refractivity contribution >= 4 is 33.4 Å². The summed E-state index contributed by atoms with van der Waals surface area (Å²) in [6, 6.07) is 6.49. The van der Waals surface area contributed by atoms with Gasteiger partial charge in [-0.3, -0.25) is 18.8 Å². The van der Waals surface area contributed by atoms with Crippen LogP contribution in [0.1, 0.15) is 50.7 Å². The van der Waals surface area contributed by atoms with Gasteiger partial charge in [0.05, 0.1) is 11.9 Å². The molecular weight excluding hydrogens is 424 g/mol. The first-order valence-corrected chi connectivity index (χ1v) is 11.4. The normalized spacial score (nSPS) is 11.6. The van der Waals surface area contributed by atoms with Crippen molar-refractivity contribution in [3.8, 4) is 11.3 Å². The number of hydrogen-bond donors (Lipinski definition) is 1. The highest BCUT2D eigenvalue weighted by Crippen LogP contribution is 2.33. The van der Waals surface area contributed by atoms with E-state index in [0.717, 1.165) is 11.3 Å². The summed E-state index contributed by atoms with van der Waals surface area (Å²) in [5.74, 6) is 0.470. The maximum Gasteiger partial charge on any atom is 0.264 e. The van der Waals surface area contributed by atoms with Gasteiger partial charge in [-0.25, -0.2) is 9.97 Å². The Labute approximate surface area is 190 Å². The molecule has 8 nitrogen and oxygen atoms in total. The summed E-state index contributed by atoms with van der Waals surface area (Å²) in [6.07, 6.45) is 2.83. The smallest absolute Gasteiger partial charge is 0.264 e. The molecule has 32 heavy (non-hydrogen) atoms. The van der Waals surface area contributed by atoms with E-state index < -0.39 is 0 Å². The van der Waals surface area contributed by atoms with Crippen molar-refractivity contribution < 1.29 is 4.79 Å². The molecule has 0 fully saturated rings. The van der Waals surface area contributed by atoms with Crippen LogP contribution >= 0.6 is 11.3 Å². The van der Waals surface area contributed by atoms with E-state index in [4.69, 9.17) is 0 Å². The van der Waals surface area contributed by atoms with Crippen LogP contribution in [0.15, 0.2) is 40.9 Å². The lowest BCUT2D eigenvalue weighted by Gasteiger charge is -2.15. The number of benzene rings is 1. The second kappa shape index (κ2) is 8.66. The summed E-state index contributed by atoms with van der Waals surface area (Å²) in [5.41, 5.74) is 4.63. The molecule has 0 radical (unpaired) electrons. The van der Waals surface area contributed by atoms with Gasteiger partial charge in [-0.2, -0.15) is 5.10 Å². The lowest BCUT2D eigenvalue weighted by molar-refractivity contribution is -0.116. The van der Waals surface area contributed by atoms with E-state index in [1.54, 1.807) is 7.05 Å². The number of aryl methyl sites for hydroxylation is 1. The molecule has 166 valence electrons. The Hall–Kier alpha value is -3.33. The monoisotopic (exact) mass is 450 g/mol. The zero-order valence-electron chi connectivity index (χ0n) is 18.8. The fraction of sp³-hybridized carbons (Fsp3) is 0.348. The van der Waals surface area contributed by atoms with E-state index in [1.165, 1.54) is 44.2 Å². The zero-order chi connectivity index (χ0) is 23.0. The molecule has 1 N–H and O–H groups in total. The molecule has 3 aromatic heterocycles. The number of nitrogens with zero attached hydrogens (tertiary/aromatic N) is 5. The maximum atomic E-state index is 12.6. The Bertz CT molecular complexity index is 1350. The number of carbonyl (C=O) groups excluding carboxylic acids is 1. The third-order valence-electron chi connectivity index (χ3n) is 5.42. The fourth-order valence-corrected chi connectivity index (χ4v) is 4.33. The van der Waals surface area contributed by atoms with E-state index in [2.05, 4.69) is 66.3 Å². The van der Waals surface area contributed by atoms with Gasteiger partial charge in [-0.1, -0.05) is 45.9 Å². The summed E-state index contributed by atoms with van der Waals surface area (Å²) in [6.45, 7) is 8.56. The van der Waals surface area contributed by atoms with Crippen LogP contribution in [0.4, 0.5) is 5.13 Å². The predicted octanol–water partition coefficient (Wildman–Crippen LogP) is 4.14. The van der Waals surface area contributed by atoms with Gasteiger partial charge in [0.15, 0.2) is 10.8 Å². The minimum atomic E-state index is -0.336. The number of amides is 1. The predicted molar refractivity (Wildman–Crippen MR) is 127 cm³/mol. The standard InChI is InChI=1S/C23H26N6O2S/c1-13(2)15-6-7-16(17(8-15)14(3)4)19-11-32-23(26-19)27-20(30)10-29-12-24-21-18(22(29)31)9-25-28(21)5/h6-9,11-14H,10H2,1-5H3,(H,26,27,30). The molecule has 4 rings (SSSR count). The molecule has 0 saturated heterocycles. The number of carbonyl (C=O) groups is 1. The van der Waals surface area contributed by atoms with Crippen molar-refractivity contribution in [3.63, 3.8) is 0 Å². The van der Waals surface area contributed by atoms with Crippen LogP contribution < -0.4 is 10.9 Å². The summed E-state index contributed by atoms with van der Waals surface area (Å²) in [5, 5.41) is 9.66. The van der Waals surface area contributed by atoms with Crippen molar-refractivity contribution in [2.24, 2.45) is 7.05 Å². The van der Waals surface area contributed by atoms with Gasteiger partial charge in [-0.15, -0.1) is 11.3 Å². The van der Waals surface area contributed by atoms with E-state index in [0.29, 0.717) is 28.0 Å². The Kier molecular flexibility index (Phi) is 5.92. The van der Waals surface area contributed by atoms with Gasteiger partial charge in [0, 0.05) is 18.0 Å². The van der Waals surface area contributed by atoms with Gasteiger partial charge in [0.2, 0.25) is 5.91 Å². The van der Waals surface area contributed by atoms with Gasteiger partial charge < -0.3 is 5.32 Å². The van der Waals surface area contributed by atoms with Crippen molar-refractivity contribution in [1.29, 1.82) is 0 Å². The molecule has 9 heteroatoms. The minimum absolute atomic E-state index is 0.147. The molecule has 1 amide bonds. The molecule has 1 aromatic carbocycles. The highest BCUT2D eigenvalue weighted by atomic mass is 32.1. The Balaban J connectivity index is 1.53. The summed E-state index contributed by atoms with van der Waals surface area (Å²) in [4.78, 5) is 34.0. The molecule has 4 aromatic rings.